The van der Waals surface area contributed by atoms with E-state index in [4.69, 9.17) is 9.47 Å². The normalized spacial score (nSPS) is 11.8. The highest BCUT2D eigenvalue weighted by molar-refractivity contribution is 7.99. The Balaban J connectivity index is 1.47. The second-order valence-electron chi connectivity index (χ2n) is 9.59. The molecule has 0 radical (unpaired) electrons. The standard InChI is InChI=1S/C30H34N4O4S2/c1-8-34-27(21(6)38-22-12-11-18(3)20(5)14-22)32-33-30(34)40-16-25(35)31-28-26(29(36)37-7)24(15-39-28)23-13-17(2)9-10-19(23)4/h9-15,21H,8,16H2,1-7H3,(H,31,35). The Morgan fingerprint density at radius 2 is 1.77 bits per heavy atom. The molecule has 4 aromatic rings. The van der Waals surface area contributed by atoms with Crippen LogP contribution in [0.15, 0.2) is 46.9 Å². The molecule has 0 spiro atoms. The average molecular weight is 579 g/mol. The van der Waals surface area contributed by atoms with Gasteiger partial charge >= 0.3 is 5.97 Å². The second kappa shape index (κ2) is 12.7. The van der Waals surface area contributed by atoms with E-state index in [1.807, 2.05) is 74.0 Å². The van der Waals surface area contributed by atoms with Gasteiger partial charge in [0.1, 0.15) is 16.3 Å². The largest absolute Gasteiger partial charge is 0.483 e. The predicted molar refractivity (Wildman–Crippen MR) is 161 cm³/mol. The lowest BCUT2D eigenvalue weighted by Crippen LogP contribution is -2.17. The van der Waals surface area contributed by atoms with Crippen molar-refractivity contribution < 1.29 is 19.1 Å². The number of benzene rings is 2. The molecule has 8 nitrogen and oxygen atoms in total. The Hall–Kier alpha value is -3.63. The van der Waals surface area contributed by atoms with E-state index in [1.54, 1.807) is 0 Å². The number of rotatable bonds is 10. The maximum atomic E-state index is 13.0. The van der Waals surface area contributed by atoms with Crippen LogP contribution in [0.2, 0.25) is 0 Å². The molecule has 0 saturated carbocycles. The summed E-state index contributed by atoms with van der Waals surface area (Å²) < 4.78 is 13.2. The van der Waals surface area contributed by atoms with Gasteiger partial charge < -0.3 is 19.4 Å². The molecule has 210 valence electrons. The number of aryl methyl sites for hydroxylation is 4. The Bertz CT molecular complexity index is 1540. The van der Waals surface area contributed by atoms with E-state index in [-0.39, 0.29) is 17.8 Å². The first kappa shape index (κ1) is 29.4. The number of ether oxygens (including phenoxy) is 2. The minimum absolute atomic E-state index is 0.0991. The van der Waals surface area contributed by atoms with E-state index < -0.39 is 5.97 Å². The molecule has 0 aliphatic rings. The third-order valence-corrected chi connectivity index (χ3v) is 8.53. The van der Waals surface area contributed by atoms with Crippen molar-refractivity contribution in [3.8, 4) is 16.9 Å². The molecule has 2 aromatic heterocycles. The summed E-state index contributed by atoms with van der Waals surface area (Å²) in [6.07, 6.45) is -0.324. The summed E-state index contributed by atoms with van der Waals surface area (Å²) in [7, 11) is 1.34. The zero-order valence-corrected chi connectivity index (χ0v) is 25.5. The third-order valence-electron chi connectivity index (χ3n) is 6.67. The van der Waals surface area contributed by atoms with E-state index >= 15 is 0 Å². The van der Waals surface area contributed by atoms with E-state index in [0.717, 1.165) is 33.6 Å². The molecule has 0 fully saturated rings. The fourth-order valence-corrected chi connectivity index (χ4v) is 6.09. The monoisotopic (exact) mass is 578 g/mol. The molecule has 0 aliphatic carbocycles. The van der Waals surface area contributed by atoms with Gasteiger partial charge in [-0.05, 0) is 75.9 Å². The van der Waals surface area contributed by atoms with Crippen LogP contribution in [0.5, 0.6) is 5.75 Å². The molecule has 40 heavy (non-hydrogen) atoms. The molecule has 1 unspecified atom stereocenters. The van der Waals surface area contributed by atoms with Crippen molar-refractivity contribution in [1.82, 2.24) is 14.8 Å². The molecule has 0 saturated heterocycles. The lowest BCUT2D eigenvalue weighted by molar-refractivity contribution is -0.113. The molecular formula is C30H34N4O4S2. The van der Waals surface area contributed by atoms with Gasteiger partial charge in [0, 0.05) is 17.5 Å². The number of carbonyl (C=O) groups is 2. The minimum atomic E-state index is -0.492. The highest BCUT2D eigenvalue weighted by Crippen LogP contribution is 2.38. The smallest absolute Gasteiger partial charge is 0.341 e. The van der Waals surface area contributed by atoms with Gasteiger partial charge in [-0.15, -0.1) is 21.5 Å². The van der Waals surface area contributed by atoms with Crippen LogP contribution >= 0.6 is 23.1 Å². The Morgan fingerprint density at radius 1 is 1.02 bits per heavy atom. The van der Waals surface area contributed by atoms with Crippen LogP contribution in [-0.2, 0) is 16.1 Å². The molecule has 1 atom stereocenters. The number of amides is 1. The first-order valence-corrected chi connectivity index (χ1v) is 14.9. The van der Waals surface area contributed by atoms with Crippen LogP contribution in [0.4, 0.5) is 5.00 Å². The summed E-state index contributed by atoms with van der Waals surface area (Å²) in [6.45, 7) is 12.7. The summed E-state index contributed by atoms with van der Waals surface area (Å²) in [5, 5.41) is 14.6. The van der Waals surface area contributed by atoms with Crippen LogP contribution < -0.4 is 10.1 Å². The Morgan fingerprint density at radius 3 is 2.48 bits per heavy atom. The third kappa shape index (κ3) is 6.39. The highest BCUT2D eigenvalue weighted by Gasteiger charge is 2.24. The van der Waals surface area contributed by atoms with E-state index in [0.29, 0.717) is 28.1 Å². The number of anilines is 1. The van der Waals surface area contributed by atoms with Gasteiger partial charge in [0.25, 0.3) is 0 Å². The fraction of sp³-hybridized carbons (Fsp3) is 0.333. The van der Waals surface area contributed by atoms with Gasteiger partial charge in [0.05, 0.1) is 12.9 Å². The fourth-order valence-electron chi connectivity index (χ4n) is 4.32. The summed E-state index contributed by atoms with van der Waals surface area (Å²) in [6, 6.07) is 12.1. The van der Waals surface area contributed by atoms with Gasteiger partial charge in [-0.1, -0.05) is 41.6 Å². The number of esters is 1. The van der Waals surface area contributed by atoms with Gasteiger partial charge in [-0.25, -0.2) is 4.79 Å². The van der Waals surface area contributed by atoms with Crippen molar-refractivity contribution in [3.05, 3.63) is 75.4 Å². The Kier molecular flexibility index (Phi) is 9.32. The number of nitrogens with zero attached hydrogens (tertiary/aromatic N) is 3. The molecule has 2 aromatic carbocycles. The molecule has 10 heteroatoms. The number of hydrogen-bond acceptors (Lipinski definition) is 8. The average Bonchev–Trinajstić information content (AvgIpc) is 3.54. The number of thioether (sulfide) groups is 1. The number of thiophene rings is 1. The van der Waals surface area contributed by atoms with Crippen molar-refractivity contribution in [2.24, 2.45) is 0 Å². The van der Waals surface area contributed by atoms with Crippen molar-refractivity contribution in [2.45, 2.75) is 59.3 Å². The van der Waals surface area contributed by atoms with Crippen LogP contribution in [0.3, 0.4) is 0 Å². The maximum absolute atomic E-state index is 13.0. The minimum Gasteiger partial charge on any atom is -0.483 e. The summed E-state index contributed by atoms with van der Waals surface area (Å²) in [4.78, 5) is 25.8. The number of nitrogens with one attached hydrogen (secondary N) is 1. The summed E-state index contributed by atoms with van der Waals surface area (Å²) >= 11 is 2.59. The lowest BCUT2D eigenvalue weighted by Gasteiger charge is -2.16. The van der Waals surface area contributed by atoms with E-state index in [1.165, 1.54) is 35.8 Å². The van der Waals surface area contributed by atoms with Crippen LogP contribution in [0, 0.1) is 27.7 Å². The zero-order chi connectivity index (χ0) is 29.0. The predicted octanol–water partition coefficient (Wildman–Crippen LogP) is 6.92. The van der Waals surface area contributed by atoms with E-state index in [9.17, 15) is 9.59 Å². The zero-order valence-electron chi connectivity index (χ0n) is 23.8. The molecule has 1 amide bonds. The number of aromatic nitrogens is 3. The maximum Gasteiger partial charge on any atom is 0.341 e. The second-order valence-corrected chi connectivity index (χ2v) is 11.4. The quantitative estimate of drug-likeness (QED) is 0.161. The first-order chi connectivity index (χ1) is 19.1. The van der Waals surface area contributed by atoms with Crippen LogP contribution in [0.25, 0.3) is 11.1 Å². The highest BCUT2D eigenvalue weighted by atomic mass is 32.2. The molecule has 2 heterocycles. The number of methoxy groups -OCH3 is 1. The van der Waals surface area contributed by atoms with Gasteiger partial charge in [-0.2, -0.15) is 0 Å². The van der Waals surface area contributed by atoms with E-state index in [2.05, 4.69) is 29.4 Å². The summed E-state index contributed by atoms with van der Waals surface area (Å²) in [5.41, 5.74) is 6.52. The van der Waals surface area contributed by atoms with Gasteiger partial charge in [0.2, 0.25) is 5.91 Å². The number of carbonyl (C=O) groups excluding carboxylic acids is 2. The van der Waals surface area contributed by atoms with Crippen molar-refractivity contribution in [3.63, 3.8) is 0 Å². The topological polar surface area (TPSA) is 95.3 Å². The number of hydrogen-bond donors (Lipinski definition) is 1. The SMILES string of the molecule is CCn1c(SCC(=O)Nc2scc(-c3cc(C)ccc3C)c2C(=O)OC)nnc1C(C)Oc1ccc(C)c(C)c1. The van der Waals surface area contributed by atoms with Gasteiger partial charge in [0.15, 0.2) is 17.1 Å². The molecule has 0 bridgehead atoms. The molecule has 0 aliphatic heterocycles. The van der Waals surface area contributed by atoms with Crippen molar-refractivity contribution >= 4 is 40.0 Å². The molecular weight excluding hydrogens is 544 g/mol. The van der Waals surface area contributed by atoms with Crippen molar-refractivity contribution in [1.29, 1.82) is 0 Å². The lowest BCUT2D eigenvalue weighted by atomic mass is 9.97. The Labute approximate surface area is 243 Å². The van der Waals surface area contributed by atoms with Crippen molar-refractivity contribution in [2.75, 3.05) is 18.2 Å². The first-order valence-electron chi connectivity index (χ1n) is 13.0. The molecule has 1 N–H and O–H groups in total. The van der Waals surface area contributed by atoms with Gasteiger partial charge in [-0.3, -0.25) is 4.79 Å². The summed E-state index contributed by atoms with van der Waals surface area (Å²) in [5.74, 6) is 0.812. The van der Waals surface area contributed by atoms with Crippen LogP contribution in [0.1, 0.15) is 58.4 Å². The molecule has 4 rings (SSSR count). The van der Waals surface area contributed by atoms with Crippen LogP contribution in [-0.4, -0.2) is 39.5 Å².